The minimum Gasteiger partial charge on any atom is -0.342 e. The third-order valence-electron chi connectivity index (χ3n) is 4.68. The maximum atomic E-state index is 12.5. The van der Waals surface area contributed by atoms with E-state index < -0.39 is 0 Å². The Kier molecular flexibility index (Phi) is 5.52. The van der Waals surface area contributed by atoms with Crippen molar-refractivity contribution in [2.45, 2.75) is 18.0 Å². The number of nitrogens with zero attached hydrogens (tertiary/aromatic N) is 5. The molecule has 0 saturated carbocycles. The average Bonchev–Trinajstić information content (AvgIpc) is 3.16. The van der Waals surface area contributed by atoms with Crippen molar-refractivity contribution in [3.8, 4) is 0 Å². The van der Waals surface area contributed by atoms with E-state index in [2.05, 4.69) is 20.4 Å². The topological polar surface area (TPSA) is 92.5 Å². The first-order chi connectivity index (χ1) is 13.7. The van der Waals surface area contributed by atoms with Gasteiger partial charge in [-0.05, 0) is 31.0 Å². The van der Waals surface area contributed by atoms with E-state index in [1.165, 1.54) is 11.8 Å². The van der Waals surface area contributed by atoms with Crippen LogP contribution in [0.3, 0.4) is 0 Å². The lowest BCUT2D eigenvalue weighted by Gasteiger charge is -2.31. The van der Waals surface area contributed by atoms with E-state index in [0.29, 0.717) is 36.9 Å². The van der Waals surface area contributed by atoms with Gasteiger partial charge in [0.2, 0.25) is 17.0 Å². The second-order valence-electron chi connectivity index (χ2n) is 6.56. The first-order valence-electron chi connectivity index (χ1n) is 9.13. The van der Waals surface area contributed by atoms with Gasteiger partial charge in [-0.1, -0.05) is 30.0 Å². The van der Waals surface area contributed by atoms with Gasteiger partial charge in [0.15, 0.2) is 0 Å². The van der Waals surface area contributed by atoms with Gasteiger partial charge in [0.05, 0.1) is 5.75 Å². The van der Waals surface area contributed by atoms with E-state index in [0.717, 1.165) is 5.69 Å². The number of thioether (sulfide) groups is 1. The van der Waals surface area contributed by atoms with Gasteiger partial charge < -0.3 is 10.2 Å². The Morgan fingerprint density at radius 3 is 2.68 bits per heavy atom. The Morgan fingerprint density at radius 1 is 1.14 bits per heavy atom. The number of amides is 2. The fraction of sp³-hybridized carbons (Fsp3) is 0.316. The summed E-state index contributed by atoms with van der Waals surface area (Å²) >= 11 is 1.30. The molecule has 8 nitrogen and oxygen atoms in total. The van der Waals surface area contributed by atoms with Gasteiger partial charge in [0, 0.05) is 37.1 Å². The fourth-order valence-electron chi connectivity index (χ4n) is 3.15. The van der Waals surface area contributed by atoms with Crippen LogP contribution in [0.15, 0.2) is 53.9 Å². The molecule has 1 saturated heterocycles. The number of fused-ring (bicyclic) bond motifs is 1. The van der Waals surface area contributed by atoms with Gasteiger partial charge in [-0.15, -0.1) is 5.10 Å². The van der Waals surface area contributed by atoms with Gasteiger partial charge in [0.25, 0.3) is 5.78 Å². The Labute approximate surface area is 166 Å². The number of carbonyl (C=O) groups is 2. The summed E-state index contributed by atoms with van der Waals surface area (Å²) in [6.07, 6.45) is 4.77. The monoisotopic (exact) mass is 396 g/mol. The van der Waals surface area contributed by atoms with E-state index in [-0.39, 0.29) is 23.5 Å². The number of aromatic nitrogens is 4. The molecule has 1 fully saturated rings. The molecule has 28 heavy (non-hydrogen) atoms. The summed E-state index contributed by atoms with van der Waals surface area (Å²) in [6, 6.07) is 11.2. The summed E-state index contributed by atoms with van der Waals surface area (Å²) in [5.74, 6) is 0.788. The molecule has 1 aliphatic rings. The maximum absolute atomic E-state index is 12.5. The number of carbonyl (C=O) groups excluding carboxylic acids is 2. The molecule has 0 spiro atoms. The quantitative estimate of drug-likeness (QED) is 0.664. The van der Waals surface area contributed by atoms with Crippen LogP contribution in [0.4, 0.5) is 5.69 Å². The third kappa shape index (κ3) is 4.30. The summed E-state index contributed by atoms with van der Waals surface area (Å²) in [4.78, 5) is 35.1. The molecule has 0 atom stereocenters. The van der Waals surface area contributed by atoms with E-state index in [9.17, 15) is 9.59 Å². The minimum atomic E-state index is -0.0666. The highest BCUT2D eigenvalue weighted by molar-refractivity contribution is 7.99. The van der Waals surface area contributed by atoms with E-state index in [1.54, 1.807) is 23.0 Å². The SMILES string of the molecule is O=C(Nc1ccccc1)C1CCN(C(=O)CSc2nc3ncccn3n2)CC1. The Balaban J connectivity index is 1.25. The average molecular weight is 396 g/mol. The molecule has 0 bridgehead atoms. The number of anilines is 1. The molecule has 9 heteroatoms. The molecule has 0 aliphatic carbocycles. The van der Waals surface area contributed by atoms with Crippen molar-refractivity contribution < 1.29 is 9.59 Å². The summed E-state index contributed by atoms with van der Waals surface area (Å²) in [5, 5.41) is 7.76. The van der Waals surface area contributed by atoms with Gasteiger partial charge in [-0.2, -0.15) is 4.98 Å². The third-order valence-corrected chi connectivity index (χ3v) is 5.50. The van der Waals surface area contributed by atoms with Crippen molar-refractivity contribution in [1.82, 2.24) is 24.5 Å². The standard InChI is InChI=1S/C19H20N6O2S/c26-16(13-28-19-22-18-20-9-4-10-25(18)23-19)24-11-7-14(8-12-24)17(27)21-15-5-2-1-3-6-15/h1-6,9-10,14H,7-8,11-13H2,(H,21,27). The first-order valence-corrected chi connectivity index (χ1v) is 10.1. The van der Waals surface area contributed by atoms with Crippen LogP contribution in [-0.4, -0.2) is 55.1 Å². The smallest absolute Gasteiger partial charge is 0.253 e. The van der Waals surface area contributed by atoms with E-state index in [1.807, 2.05) is 35.2 Å². The predicted octanol–water partition coefficient (Wildman–Crippen LogP) is 2.09. The second-order valence-corrected chi connectivity index (χ2v) is 7.50. The van der Waals surface area contributed by atoms with Crippen LogP contribution < -0.4 is 5.32 Å². The van der Waals surface area contributed by atoms with Gasteiger partial charge in [-0.25, -0.2) is 9.50 Å². The van der Waals surface area contributed by atoms with Crippen LogP contribution in [0.1, 0.15) is 12.8 Å². The van der Waals surface area contributed by atoms with Crippen LogP contribution in [0.2, 0.25) is 0 Å². The van der Waals surface area contributed by atoms with Crippen molar-refractivity contribution in [3.63, 3.8) is 0 Å². The molecule has 144 valence electrons. The molecule has 2 amide bonds. The lowest BCUT2D eigenvalue weighted by molar-refractivity contribution is -0.132. The number of hydrogen-bond acceptors (Lipinski definition) is 6. The molecular weight excluding hydrogens is 376 g/mol. The van der Waals surface area contributed by atoms with Crippen molar-refractivity contribution >= 4 is 35.0 Å². The number of piperidine rings is 1. The fourth-order valence-corrected chi connectivity index (χ4v) is 3.88. The number of hydrogen-bond donors (Lipinski definition) is 1. The molecule has 0 radical (unpaired) electrons. The number of rotatable bonds is 5. The van der Waals surface area contributed by atoms with E-state index >= 15 is 0 Å². The number of benzene rings is 1. The summed E-state index contributed by atoms with van der Waals surface area (Å²) in [7, 11) is 0. The second kappa shape index (κ2) is 8.39. The number of nitrogens with one attached hydrogen (secondary N) is 1. The lowest BCUT2D eigenvalue weighted by Crippen LogP contribution is -2.42. The minimum absolute atomic E-state index is 0.0223. The van der Waals surface area contributed by atoms with Crippen molar-refractivity contribution in [1.29, 1.82) is 0 Å². The largest absolute Gasteiger partial charge is 0.342 e. The molecule has 1 aliphatic heterocycles. The molecule has 3 aromatic rings. The van der Waals surface area contributed by atoms with Crippen LogP contribution in [0.25, 0.3) is 5.78 Å². The number of likely N-dealkylation sites (tertiary alicyclic amines) is 1. The Bertz CT molecular complexity index is 936. The van der Waals surface area contributed by atoms with Crippen LogP contribution in [0.5, 0.6) is 0 Å². The normalized spacial score (nSPS) is 14.9. The van der Waals surface area contributed by atoms with Crippen LogP contribution in [-0.2, 0) is 9.59 Å². The predicted molar refractivity (Wildman–Crippen MR) is 106 cm³/mol. The van der Waals surface area contributed by atoms with Gasteiger partial charge in [-0.3, -0.25) is 9.59 Å². The molecule has 0 unspecified atom stereocenters. The van der Waals surface area contributed by atoms with Gasteiger partial charge in [0.1, 0.15) is 0 Å². The zero-order valence-electron chi connectivity index (χ0n) is 15.2. The molecule has 1 N–H and O–H groups in total. The molecule has 2 aromatic heterocycles. The molecule has 1 aromatic carbocycles. The highest BCUT2D eigenvalue weighted by Crippen LogP contribution is 2.21. The van der Waals surface area contributed by atoms with Crippen molar-refractivity contribution in [2.24, 2.45) is 5.92 Å². The number of para-hydroxylation sites is 1. The Morgan fingerprint density at radius 2 is 1.93 bits per heavy atom. The Hall–Kier alpha value is -2.94. The maximum Gasteiger partial charge on any atom is 0.253 e. The first kappa shape index (κ1) is 18.4. The van der Waals surface area contributed by atoms with Crippen LogP contribution in [0, 0.1) is 5.92 Å². The zero-order chi connectivity index (χ0) is 19.3. The van der Waals surface area contributed by atoms with Crippen LogP contribution >= 0.6 is 11.8 Å². The van der Waals surface area contributed by atoms with Crippen molar-refractivity contribution in [3.05, 3.63) is 48.8 Å². The zero-order valence-corrected chi connectivity index (χ0v) is 16.0. The van der Waals surface area contributed by atoms with E-state index in [4.69, 9.17) is 0 Å². The summed E-state index contributed by atoms with van der Waals surface area (Å²) in [5.41, 5.74) is 0.803. The highest BCUT2D eigenvalue weighted by atomic mass is 32.2. The molecular formula is C19H20N6O2S. The summed E-state index contributed by atoms with van der Waals surface area (Å²) < 4.78 is 1.59. The van der Waals surface area contributed by atoms with Crippen molar-refractivity contribution in [2.75, 3.05) is 24.2 Å². The van der Waals surface area contributed by atoms with Gasteiger partial charge >= 0.3 is 0 Å². The molecule has 4 rings (SSSR count). The summed E-state index contributed by atoms with van der Waals surface area (Å²) in [6.45, 7) is 1.18. The molecule has 3 heterocycles. The highest BCUT2D eigenvalue weighted by Gasteiger charge is 2.27. The lowest BCUT2D eigenvalue weighted by atomic mass is 9.96.